The van der Waals surface area contributed by atoms with Gasteiger partial charge in [0.25, 0.3) is 5.56 Å². The molecule has 0 aliphatic rings. The lowest BCUT2D eigenvalue weighted by Gasteiger charge is -2.21. The van der Waals surface area contributed by atoms with Crippen LogP contribution in [0.5, 0.6) is 11.5 Å². The van der Waals surface area contributed by atoms with E-state index in [1.54, 1.807) is 18.2 Å². The van der Waals surface area contributed by atoms with E-state index in [2.05, 4.69) is 15.1 Å². The quantitative estimate of drug-likeness (QED) is 0.547. The summed E-state index contributed by atoms with van der Waals surface area (Å²) in [5.41, 5.74) is 2.05. The van der Waals surface area contributed by atoms with Crippen molar-refractivity contribution >= 4 is 17.9 Å². The SMILES string of the molecule is COc1ccc(CC(C#N)(C=O)c2nc(N)[nH]c(=O)c2N=O)cc1OC. The number of hydrogen-bond donors (Lipinski definition) is 2. The van der Waals surface area contributed by atoms with E-state index in [0.717, 1.165) is 0 Å². The molecule has 1 unspecified atom stereocenters. The number of carbonyl (C=O) groups excluding carboxylic acids is 1. The van der Waals surface area contributed by atoms with Crippen molar-refractivity contribution in [1.29, 1.82) is 5.26 Å². The molecule has 0 amide bonds. The number of hydrogen-bond acceptors (Lipinski definition) is 9. The summed E-state index contributed by atoms with van der Waals surface area (Å²) in [6.07, 6.45) is 0.116. The maximum Gasteiger partial charge on any atom is 0.282 e. The predicted molar refractivity (Wildman–Crippen MR) is 91.3 cm³/mol. The van der Waals surface area contributed by atoms with Crippen LogP contribution in [0, 0.1) is 16.2 Å². The lowest BCUT2D eigenvalue weighted by atomic mass is 9.80. The number of nitrogen functional groups attached to an aromatic ring is 1. The molecule has 0 aliphatic carbocycles. The number of rotatable bonds is 7. The molecule has 1 heterocycles. The van der Waals surface area contributed by atoms with Crippen LogP contribution in [-0.4, -0.2) is 30.5 Å². The van der Waals surface area contributed by atoms with E-state index in [1.165, 1.54) is 14.2 Å². The van der Waals surface area contributed by atoms with Crippen LogP contribution in [-0.2, 0) is 16.6 Å². The van der Waals surface area contributed by atoms with Gasteiger partial charge in [0.2, 0.25) is 5.95 Å². The molecule has 134 valence electrons. The molecule has 10 heteroatoms. The van der Waals surface area contributed by atoms with E-state index in [1.807, 2.05) is 6.07 Å². The number of nitrogens with two attached hydrogens (primary N) is 1. The highest BCUT2D eigenvalue weighted by Crippen LogP contribution is 2.33. The van der Waals surface area contributed by atoms with Crippen molar-refractivity contribution in [2.75, 3.05) is 20.0 Å². The number of anilines is 1. The Labute approximate surface area is 147 Å². The van der Waals surface area contributed by atoms with Gasteiger partial charge in [0.15, 0.2) is 22.6 Å². The van der Waals surface area contributed by atoms with Gasteiger partial charge < -0.3 is 20.0 Å². The summed E-state index contributed by atoms with van der Waals surface area (Å²) in [7, 11) is 2.90. The molecule has 1 aromatic heterocycles. The summed E-state index contributed by atoms with van der Waals surface area (Å²) in [5, 5.41) is 12.3. The molecule has 1 aromatic carbocycles. The summed E-state index contributed by atoms with van der Waals surface area (Å²) < 4.78 is 10.3. The van der Waals surface area contributed by atoms with Crippen molar-refractivity contribution in [3.8, 4) is 17.6 Å². The summed E-state index contributed by atoms with van der Waals surface area (Å²) >= 11 is 0. The molecule has 0 fully saturated rings. The molecular formula is C16H15N5O5. The zero-order valence-corrected chi connectivity index (χ0v) is 14.0. The maximum absolute atomic E-state index is 11.9. The number of aromatic amines is 1. The van der Waals surface area contributed by atoms with Gasteiger partial charge >= 0.3 is 0 Å². The lowest BCUT2D eigenvalue weighted by molar-refractivity contribution is -0.111. The summed E-state index contributed by atoms with van der Waals surface area (Å²) in [6, 6.07) is 6.59. The Hall–Kier alpha value is -3.74. The van der Waals surface area contributed by atoms with Crippen molar-refractivity contribution in [3.63, 3.8) is 0 Å². The van der Waals surface area contributed by atoms with Crippen LogP contribution in [0.25, 0.3) is 0 Å². The van der Waals surface area contributed by atoms with E-state index >= 15 is 0 Å². The van der Waals surface area contributed by atoms with E-state index in [4.69, 9.17) is 15.2 Å². The smallest absolute Gasteiger partial charge is 0.282 e. The lowest BCUT2D eigenvalue weighted by Crippen LogP contribution is -2.33. The highest BCUT2D eigenvalue weighted by molar-refractivity contribution is 5.76. The Balaban J connectivity index is 2.63. The van der Waals surface area contributed by atoms with Crippen LogP contribution < -0.4 is 20.8 Å². The Morgan fingerprint density at radius 3 is 2.62 bits per heavy atom. The third-order valence-corrected chi connectivity index (χ3v) is 3.76. The number of carbonyl (C=O) groups is 1. The van der Waals surface area contributed by atoms with Crippen LogP contribution in [0.4, 0.5) is 11.6 Å². The standard InChI is InChI=1S/C16H15N5O5/c1-25-10-4-3-9(5-11(10)26-2)6-16(7-17,8-22)13-12(21-24)14(23)20-15(18)19-13/h3-5,8H,6H2,1-2H3,(H3,18,19,20,23). The topological polar surface area (TPSA) is 161 Å². The third kappa shape index (κ3) is 3.23. The van der Waals surface area contributed by atoms with Gasteiger partial charge in [-0.1, -0.05) is 6.07 Å². The van der Waals surface area contributed by atoms with Gasteiger partial charge in [-0.25, -0.2) is 4.98 Å². The summed E-state index contributed by atoms with van der Waals surface area (Å²) in [4.78, 5) is 40.7. The Bertz CT molecular complexity index is 949. The normalized spacial score (nSPS) is 12.5. The number of benzene rings is 1. The summed E-state index contributed by atoms with van der Waals surface area (Å²) in [6.45, 7) is 0. The highest BCUT2D eigenvalue weighted by Gasteiger charge is 2.39. The molecule has 0 saturated carbocycles. The number of nitriles is 1. The van der Waals surface area contributed by atoms with Gasteiger partial charge in [-0.15, -0.1) is 4.91 Å². The fourth-order valence-corrected chi connectivity index (χ4v) is 2.49. The third-order valence-electron chi connectivity index (χ3n) is 3.76. The fourth-order valence-electron chi connectivity index (χ4n) is 2.49. The van der Waals surface area contributed by atoms with Crippen LogP contribution in [0.3, 0.4) is 0 Å². The Morgan fingerprint density at radius 1 is 1.38 bits per heavy atom. The molecule has 2 rings (SSSR count). The molecular weight excluding hydrogens is 342 g/mol. The molecule has 10 nitrogen and oxygen atoms in total. The van der Waals surface area contributed by atoms with Crippen molar-refractivity contribution in [1.82, 2.24) is 9.97 Å². The van der Waals surface area contributed by atoms with E-state index in [0.29, 0.717) is 23.3 Å². The molecule has 26 heavy (non-hydrogen) atoms. The molecule has 0 spiro atoms. The van der Waals surface area contributed by atoms with E-state index in [9.17, 15) is 19.8 Å². The second-order valence-electron chi connectivity index (χ2n) is 5.31. The highest BCUT2D eigenvalue weighted by atomic mass is 16.5. The van der Waals surface area contributed by atoms with Crippen LogP contribution in [0.2, 0.25) is 0 Å². The predicted octanol–water partition coefficient (Wildman–Crippen LogP) is 0.970. The molecule has 0 saturated heterocycles. The molecule has 2 aromatic rings. The van der Waals surface area contributed by atoms with Gasteiger partial charge in [0, 0.05) is 6.42 Å². The van der Waals surface area contributed by atoms with Crippen molar-refractivity contribution < 1.29 is 14.3 Å². The van der Waals surface area contributed by atoms with Gasteiger partial charge in [-0.05, 0) is 22.9 Å². The first kappa shape index (κ1) is 18.6. The van der Waals surface area contributed by atoms with Crippen LogP contribution >= 0.6 is 0 Å². The average molecular weight is 357 g/mol. The maximum atomic E-state index is 11.9. The van der Waals surface area contributed by atoms with Crippen molar-refractivity contribution in [3.05, 3.63) is 44.7 Å². The second kappa shape index (κ2) is 7.43. The number of nitrogens with one attached hydrogen (secondary N) is 1. The van der Waals surface area contributed by atoms with Gasteiger partial charge in [0.1, 0.15) is 12.0 Å². The van der Waals surface area contributed by atoms with Gasteiger partial charge in [-0.3, -0.25) is 9.78 Å². The number of ether oxygens (including phenoxy) is 2. The molecule has 0 aliphatic heterocycles. The van der Waals surface area contributed by atoms with Crippen molar-refractivity contribution in [2.24, 2.45) is 5.18 Å². The zero-order chi connectivity index (χ0) is 19.3. The molecule has 1 atom stereocenters. The second-order valence-corrected chi connectivity index (χ2v) is 5.31. The Morgan fingerprint density at radius 2 is 2.08 bits per heavy atom. The number of methoxy groups -OCH3 is 2. The summed E-state index contributed by atoms with van der Waals surface area (Å²) in [5.74, 6) is 0.500. The van der Waals surface area contributed by atoms with Crippen molar-refractivity contribution in [2.45, 2.75) is 11.8 Å². The number of aromatic nitrogens is 2. The van der Waals surface area contributed by atoms with Gasteiger partial charge in [-0.2, -0.15) is 5.26 Å². The first-order valence-corrected chi connectivity index (χ1v) is 7.26. The Kier molecular flexibility index (Phi) is 5.32. The average Bonchev–Trinajstić information content (AvgIpc) is 2.65. The van der Waals surface area contributed by atoms with Crippen LogP contribution in [0.15, 0.2) is 28.2 Å². The number of aldehydes is 1. The number of nitroso groups, excluding NO2 is 1. The largest absolute Gasteiger partial charge is 0.493 e. The first-order valence-electron chi connectivity index (χ1n) is 7.26. The fraction of sp³-hybridized carbons (Fsp3) is 0.250. The number of nitrogens with zero attached hydrogens (tertiary/aromatic N) is 3. The van der Waals surface area contributed by atoms with E-state index < -0.39 is 22.4 Å². The van der Waals surface area contributed by atoms with E-state index in [-0.39, 0.29) is 12.4 Å². The minimum Gasteiger partial charge on any atom is -0.493 e. The zero-order valence-electron chi connectivity index (χ0n) is 14.0. The minimum absolute atomic E-state index is 0.189. The van der Waals surface area contributed by atoms with Crippen LogP contribution in [0.1, 0.15) is 11.3 Å². The monoisotopic (exact) mass is 357 g/mol. The molecule has 0 bridgehead atoms. The van der Waals surface area contributed by atoms with Gasteiger partial charge in [0.05, 0.1) is 20.3 Å². The first-order chi connectivity index (χ1) is 12.4. The molecule has 0 radical (unpaired) electrons. The minimum atomic E-state index is -1.94. The number of H-pyrrole nitrogens is 1. The molecule has 3 N–H and O–H groups in total.